The molecule has 0 aliphatic carbocycles. The first-order valence-corrected chi connectivity index (χ1v) is 7.84. The summed E-state index contributed by atoms with van der Waals surface area (Å²) in [6, 6.07) is 10.7. The summed E-state index contributed by atoms with van der Waals surface area (Å²) in [6.45, 7) is 2.08. The Balaban J connectivity index is 2.05. The van der Waals surface area contributed by atoms with E-state index in [9.17, 15) is 8.42 Å². The summed E-state index contributed by atoms with van der Waals surface area (Å²) in [7, 11) is -3.44. The lowest BCUT2D eigenvalue weighted by atomic mass is 10.2. The van der Waals surface area contributed by atoms with E-state index in [-0.39, 0.29) is 12.3 Å². The number of rotatable bonds is 5. The third-order valence-corrected chi connectivity index (χ3v) is 4.25. The molecule has 106 valence electrons. The second kappa shape index (κ2) is 6.02. The van der Waals surface area contributed by atoms with Gasteiger partial charge in [0.15, 0.2) is 0 Å². The molecule has 1 aromatic heterocycles. The van der Waals surface area contributed by atoms with E-state index in [1.807, 2.05) is 19.1 Å². The molecule has 0 aliphatic rings. The lowest BCUT2D eigenvalue weighted by molar-refractivity contribution is 0.579. The fourth-order valence-corrected chi connectivity index (χ4v) is 2.93. The Kier molecular flexibility index (Phi) is 4.36. The SMILES string of the molecule is Cc1cccnc1CNS(=O)(=O)Cc1ccccc1N. The van der Waals surface area contributed by atoms with Crippen LogP contribution in [0.5, 0.6) is 0 Å². The third-order valence-electron chi connectivity index (χ3n) is 2.98. The number of hydrogen-bond donors (Lipinski definition) is 2. The number of nitrogen functional groups attached to an aromatic ring is 1. The Morgan fingerprint density at radius 2 is 1.95 bits per heavy atom. The van der Waals surface area contributed by atoms with Crippen molar-refractivity contribution in [1.82, 2.24) is 9.71 Å². The number of nitrogens with two attached hydrogens (primary N) is 1. The van der Waals surface area contributed by atoms with Crippen LogP contribution in [0.25, 0.3) is 0 Å². The van der Waals surface area contributed by atoms with Crippen LogP contribution in [0.15, 0.2) is 42.6 Å². The van der Waals surface area contributed by atoms with Crippen molar-refractivity contribution in [2.45, 2.75) is 19.2 Å². The smallest absolute Gasteiger partial charge is 0.216 e. The van der Waals surface area contributed by atoms with Gasteiger partial charge in [0.25, 0.3) is 0 Å². The number of sulfonamides is 1. The average Bonchev–Trinajstić information content (AvgIpc) is 2.40. The highest BCUT2D eigenvalue weighted by atomic mass is 32.2. The predicted molar refractivity (Wildman–Crippen MR) is 79.3 cm³/mol. The van der Waals surface area contributed by atoms with Gasteiger partial charge in [-0.1, -0.05) is 24.3 Å². The fraction of sp³-hybridized carbons (Fsp3) is 0.214. The van der Waals surface area contributed by atoms with Crippen molar-refractivity contribution in [1.29, 1.82) is 0 Å². The molecule has 1 aromatic carbocycles. The number of aryl methyl sites for hydroxylation is 1. The van der Waals surface area contributed by atoms with Crippen LogP contribution < -0.4 is 10.5 Å². The molecular weight excluding hydrogens is 274 g/mol. The Morgan fingerprint density at radius 3 is 2.65 bits per heavy atom. The van der Waals surface area contributed by atoms with Gasteiger partial charge in [0, 0.05) is 11.9 Å². The van der Waals surface area contributed by atoms with Gasteiger partial charge < -0.3 is 5.73 Å². The van der Waals surface area contributed by atoms with Crippen molar-refractivity contribution < 1.29 is 8.42 Å². The zero-order chi connectivity index (χ0) is 14.6. The molecule has 2 aromatic rings. The molecule has 0 atom stereocenters. The van der Waals surface area contributed by atoms with Crippen LogP contribution in [-0.2, 0) is 22.3 Å². The summed E-state index contributed by atoms with van der Waals surface area (Å²) < 4.78 is 26.6. The molecule has 0 saturated heterocycles. The van der Waals surface area contributed by atoms with Crippen molar-refractivity contribution in [3.05, 3.63) is 59.4 Å². The molecule has 2 rings (SSSR count). The molecule has 0 fully saturated rings. The second-order valence-corrected chi connectivity index (χ2v) is 6.35. The molecule has 6 heteroatoms. The van der Waals surface area contributed by atoms with Gasteiger partial charge in [-0.2, -0.15) is 0 Å². The fourth-order valence-electron chi connectivity index (χ4n) is 1.80. The first-order valence-electron chi connectivity index (χ1n) is 6.19. The summed E-state index contributed by atoms with van der Waals surface area (Å²) in [4.78, 5) is 4.15. The van der Waals surface area contributed by atoms with E-state index in [1.165, 1.54) is 0 Å². The van der Waals surface area contributed by atoms with Gasteiger partial charge in [0.05, 0.1) is 18.0 Å². The number of anilines is 1. The van der Waals surface area contributed by atoms with Gasteiger partial charge in [0.2, 0.25) is 10.0 Å². The molecule has 0 saturated carbocycles. The van der Waals surface area contributed by atoms with Gasteiger partial charge in [-0.05, 0) is 30.2 Å². The van der Waals surface area contributed by atoms with Crippen molar-refractivity contribution in [2.75, 3.05) is 5.73 Å². The van der Waals surface area contributed by atoms with E-state index in [4.69, 9.17) is 5.73 Å². The highest BCUT2D eigenvalue weighted by Crippen LogP contribution is 2.14. The lowest BCUT2D eigenvalue weighted by Gasteiger charge is -2.09. The van der Waals surface area contributed by atoms with Crippen molar-refractivity contribution in [3.8, 4) is 0 Å². The Bertz CT molecular complexity index is 699. The van der Waals surface area contributed by atoms with Crippen molar-refractivity contribution in [2.24, 2.45) is 0 Å². The van der Waals surface area contributed by atoms with Crippen LogP contribution in [0, 0.1) is 6.92 Å². The normalized spacial score (nSPS) is 11.4. The van der Waals surface area contributed by atoms with E-state index in [0.717, 1.165) is 11.3 Å². The van der Waals surface area contributed by atoms with E-state index < -0.39 is 10.0 Å². The standard InChI is InChI=1S/C14H17N3O2S/c1-11-5-4-8-16-14(11)9-17-20(18,19)10-12-6-2-3-7-13(12)15/h2-8,17H,9-10,15H2,1H3. The van der Waals surface area contributed by atoms with Crippen LogP contribution in [0.4, 0.5) is 5.69 Å². The third kappa shape index (κ3) is 3.79. The average molecular weight is 291 g/mol. The first kappa shape index (κ1) is 14.5. The number of benzene rings is 1. The van der Waals surface area contributed by atoms with Gasteiger partial charge >= 0.3 is 0 Å². The monoisotopic (exact) mass is 291 g/mol. The predicted octanol–water partition coefficient (Wildman–Crippen LogP) is 1.59. The second-order valence-electron chi connectivity index (χ2n) is 4.55. The maximum Gasteiger partial charge on any atom is 0.216 e. The minimum Gasteiger partial charge on any atom is -0.398 e. The summed E-state index contributed by atoms with van der Waals surface area (Å²) in [6.07, 6.45) is 1.64. The van der Waals surface area contributed by atoms with Crippen molar-refractivity contribution >= 4 is 15.7 Å². The van der Waals surface area contributed by atoms with Crippen LogP contribution in [0.1, 0.15) is 16.8 Å². The number of aromatic nitrogens is 1. The maximum absolute atomic E-state index is 12.0. The summed E-state index contributed by atoms with van der Waals surface area (Å²) in [5.74, 6) is -0.133. The Hall–Kier alpha value is -1.92. The minimum atomic E-state index is -3.44. The first-order chi connectivity index (χ1) is 9.48. The summed E-state index contributed by atoms with van der Waals surface area (Å²) in [5.41, 5.74) is 8.50. The molecule has 5 nitrogen and oxygen atoms in total. The Morgan fingerprint density at radius 1 is 1.20 bits per heavy atom. The lowest BCUT2D eigenvalue weighted by Crippen LogP contribution is -2.25. The quantitative estimate of drug-likeness (QED) is 0.819. The Labute approximate surface area is 118 Å². The largest absolute Gasteiger partial charge is 0.398 e. The number of pyridine rings is 1. The zero-order valence-electron chi connectivity index (χ0n) is 11.2. The summed E-state index contributed by atoms with van der Waals surface area (Å²) in [5, 5.41) is 0. The molecule has 3 N–H and O–H groups in total. The molecule has 0 bridgehead atoms. The number of nitrogens with zero attached hydrogens (tertiary/aromatic N) is 1. The van der Waals surface area contributed by atoms with Crippen LogP contribution in [0.2, 0.25) is 0 Å². The van der Waals surface area contributed by atoms with Gasteiger partial charge in [0.1, 0.15) is 0 Å². The van der Waals surface area contributed by atoms with E-state index in [0.29, 0.717) is 11.3 Å². The maximum atomic E-state index is 12.0. The van der Waals surface area contributed by atoms with E-state index >= 15 is 0 Å². The van der Waals surface area contributed by atoms with Crippen molar-refractivity contribution in [3.63, 3.8) is 0 Å². The molecule has 0 amide bonds. The van der Waals surface area contributed by atoms with E-state index in [2.05, 4.69) is 9.71 Å². The molecule has 0 spiro atoms. The molecule has 1 heterocycles. The molecular formula is C14H17N3O2S. The molecule has 0 aliphatic heterocycles. The van der Waals surface area contributed by atoms with Crippen LogP contribution in [0.3, 0.4) is 0 Å². The van der Waals surface area contributed by atoms with Gasteiger partial charge in [-0.15, -0.1) is 0 Å². The molecule has 20 heavy (non-hydrogen) atoms. The number of nitrogens with one attached hydrogen (secondary N) is 1. The highest BCUT2D eigenvalue weighted by Gasteiger charge is 2.13. The minimum absolute atomic E-state index is 0.133. The van der Waals surface area contributed by atoms with Gasteiger partial charge in [-0.25, -0.2) is 13.1 Å². The van der Waals surface area contributed by atoms with E-state index in [1.54, 1.807) is 30.5 Å². The number of hydrogen-bond acceptors (Lipinski definition) is 4. The number of para-hydroxylation sites is 1. The van der Waals surface area contributed by atoms with Crippen LogP contribution >= 0.6 is 0 Å². The topological polar surface area (TPSA) is 85.1 Å². The van der Waals surface area contributed by atoms with Gasteiger partial charge in [-0.3, -0.25) is 4.98 Å². The zero-order valence-corrected chi connectivity index (χ0v) is 12.0. The molecule has 0 unspecified atom stereocenters. The summed E-state index contributed by atoms with van der Waals surface area (Å²) >= 11 is 0. The van der Waals surface area contributed by atoms with Crippen LogP contribution in [-0.4, -0.2) is 13.4 Å². The highest BCUT2D eigenvalue weighted by molar-refractivity contribution is 7.88. The molecule has 0 radical (unpaired) electrons.